The molecule has 1 heterocycles. The van der Waals surface area contributed by atoms with E-state index < -0.39 is 29.2 Å². The molecule has 0 aliphatic heterocycles. The zero-order valence-electron chi connectivity index (χ0n) is 15.8. The number of aryl methyl sites for hydroxylation is 1. The zero-order valence-corrected chi connectivity index (χ0v) is 16.6. The fourth-order valence-corrected chi connectivity index (χ4v) is 2.73. The average molecular weight is 455 g/mol. The number of carbonyl (C=O) groups is 1. The van der Waals surface area contributed by atoms with Crippen molar-refractivity contribution in [2.24, 2.45) is 0 Å². The summed E-state index contributed by atoms with van der Waals surface area (Å²) in [5.41, 5.74) is -1.31. The number of ether oxygens (including phenoxy) is 1. The third kappa shape index (κ3) is 5.72. The molecule has 0 saturated heterocycles. The van der Waals surface area contributed by atoms with Gasteiger partial charge >= 0.3 is 6.18 Å². The van der Waals surface area contributed by atoms with Crippen molar-refractivity contribution in [1.29, 1.82) is 0 Å². The zero-order chi connectivity index (χ0) is 22.8. The number of alkyl halides is 3. The van der Waals surface area contributed by atoms with Gasteiger partial charge in [0.25, 0.3) is 5.69 Å². The molecule has 8 nitrogen and oxygen atoms in total. The topological polar surface area (TPSA) is 99.3 Å². The third-order valence-corrected chi connectivity index (χ3v) is 4.25. The summed E-state index contributed by atoms with van der Waals surface area (Å²) in [5, 5.41) is 17.5. The number of nitro benzene ring substituents is 1. The second-order valence-electron chi connectivity index (χ2n) is 6.40. The second-order valence-corrected chi connectivity index (χ2v) is 6.84. The molecular weight excluding hydrogens is 441 g/mol. The van der Waals surface area contributed by atoms with Crippen LogP contribution in [0.1, 0.15) is 11.4 Å². The Hall–Kier alpha value is -3.60. The SMILES string of the molecule is Cc1cc(C(F)(F)F)nn1CC(=O)Nc1cc(Oc2ccc(Cl)cc2)cc([N+](=O)[O-])c1. The number of nitrogens with one attached hydrogen (secondary N) is 1. The van der Waals surface area contributed by atoms with Crippen molar-refractivity contribution in [1.82, 2.24) is 9.78 Å². The number of benzene rings is 2. The molecule has 0 spiro atoms. The molecule has 12 heteroatoms. The Morgan fingerprint density at radius 3 is 2.45 bits per heavy atom. The van der Waals surface area contributed by atoms with Gasteiger partial charge in [0.15, 0.2) is 5.69 Å². The highest BCUT2D eigenvalue weighted by Crippen LogP contribution is 2.31. The van der Waals surface area contributed by atoms with E-state index in [1.54, 1.807) is 24.3 Å². The number of halogens is 4. The molecule has 162 valence electrons. The van der Waals surface area contributed by atoms with Crippen LogP contribution >= 0.6 is 11.6 Å². The molecule has 1 amide bonds. The molecule has 0 bridgehead atoms. The van der Waals surface area contributed by atoms with E-state index in [4.69, 9.17) is 16.3 Å². The number of amides is 1. The van der Waals surface area contributed by atoms with E-state index in [9.17, 15) is 28.1 Å². The van der Waals surface area contributed by atoms with Crippen LogP contribution in [0.3, 0.4) is 0 Å². The largest absolute Gasteiger partial charge is 0.457 e. The Labute approximate surface area is 178 Å². The highest BCUT2D eigenvalue weighted by atomic mass is 35.5. The molecule has 0 saturated carbocycles. The molecule has 3 aromatic rings. The van der Waals surface area contributed by atoms with Gasteiger partial charge in [0.05, 0.1) is 16.7 Å². The Morgan fingerprint density at radius 1 is 1.19 bits per heavy atom. The van der Waals surface area contributed by atoms with E-state index in [0.29, 0.717) is 10.8 Å². The van der Waals surface area contributed by atoms with Gasteiger partial charge in [-0.2, -0.15) is 18.3 Å². The van der Waals surface area contributed by atoms with Crippen LogP contribution in [-0.2, 0) is 17.5 Å². The lowest BCUT2D eigenvalue weighted by Crippen LogP contribution is -2.21. The molecule has 0 fully saturated rings. The van der Waals surface area contributed by atoms with Gasteiger partial charge in [-0.1, -0.05) is 11.6 Å². The first-order valence-electron chi connectivity index (χ1n) is 8.65. The summed E-state index contributed by atoms with van der Waals surface area (Å²) >= 11 is 5.81. The van der Waals surface area contributed by atoms with Crippen molar-refractivity contribution in [2.45, 2.75) is 19.6 Å². The van der Waals surface area contributed by atoms with Gasteiger partial charge in [0, 0.05) is 22.8 Å². The van der Waals surface area contributed by atoms with Crippen LogP contribution in [-0.4, -0.2) is 20.6 Å². The molecule has 0 unspecified atom stereocenters. The Morgan fingerprint density at radius 2 is 1.87 bits per heavy atom. The van der Waals surface area contributed by atoms with Gasteiger partial charge < -0.3 is 10.1 Å². The van der Waals surface area contributed by atoms with Gasteiger partial charge in [0.1, 0.15) is 18.0 Å². The number of non-ortho nitro benzene ring substituents is 1. The van der Waals surface area contributed by atoms with Crippen LogP contribution in [0.4, 0.5) is 24.5 Å². The van der Waals surface area contributed by atoms with Crippen LogP contribution in [0.5, 0.6) is 11.5 Å². The summed E-state index contributed by atoms with van der Waals surface area (Å²) in [7, 11) is 0. The Balaban J connectivity index is 1.79. The highest BCUT2D eigenvalue weighted by Gasteiger charge is 2.34. The smallest absolute Gasteiger partial charge is 0.435 e. The number of rotatable bonds is 6. The van der Waals surface area contributed by atoms with E-state index in [0.717, 1.165) is 22.9 Å². The van der Waals surface area contributed by atoms with Gasteiger partial charge in [0.2, 0.25) is 5.91 Å². The van der Waals surface area contributed by atoms with Gasteiger partial charge in [-0.3, -0.25) is 19.6 Å². The quantitative estimate of drug-likeness (QED) is 0.407. The summed E-state index contributed by atoms with van der Waals surface area (Å²) < 4.78 is 44.8. The highest BCUT2D eigenvalue weighted by molar-refractivity contribution is 6.30. The molecule has 2 aromatic carbocycles. The number of nitro groups is 1. The monoisotopic (exact) mass is 454 g/mol. The van der Waals surface area contributed by atoms with Crippen LogP contribution in [0, 0.1) is 17.0 Å². The van der Waals surface area contributed by atoms with E-state index in [1.807, 2.05) is 0 Å². The second kappa shape index (κ2) is 8.64. The Bertz CT molecular complexity index is 1130. The Kier molecular flexibility index (Phi) is 6.16. The summed E-state index contributed by atoms with van der Waals surface area (Å²) in [6, 6.07) is 10.7. The predicted molar refractivity (Wildman–Crippen MR) is 105 cm³/mol. The molecule has 0 radical (unpaired) electrons. The molecule has 31 heavy (non-hydrogen) atoms. The van der Waals surface area contributed by atoms with Gasteiger partial charge in [-0.15, -0.1) is 0 Å². The molecule has 1 aromatic heterocycles. The summed E-state index contributed by atoms with van der Waals surface area (Å²) in [6.45, 7) is 0.860. The lowest BCUT2D eigenvalue weighted by Gasteiger charge is -2.10. The van der Waals surface area contributed by atoms with Crippen molar-refractivity contribution < 1.29 is 27.6 Å². The van der Waals surface area contributed by atoms with Crippen LogP contribution in [0.25, 0.3) is 0 Å². The van der Waals surface area contributed by atoms with Gasteiger partial charge in [-0.25, -0.2) is 0 Å². The fourth-order valence-electron chi connectivity index (χ4n) is 2.60. The lowest BCUT2D eigenvalue weighted by molar-refractivity contribution is -0.384. The summed E-state index contributed by atoms with van der Waals surface area (Å²) in [4.78, 5) is 22.9. The summed E-state index contributed by atoms with van der Waals surface area (Å²) in [6.07, 6.45) is -4.64. The van der Waals surface area contributed by atoms with E-state index in [-0.39, 0.29) is 22.8 Å². The third-order valence-electron chi connectivity index (χ3n) is 4.00. The molecule has 3 rings (SSSR count). The minimum absolute atomic E-state index is 0.0315. The minimum Gasteiger partial charge on any atom is -0.457 e. The normalized spacial score (nSPS) is 11.3. The van der Waals surface area contributed by atoms with E-state index in [1.165, 1.54) is 13.0 Å². The first-order chi connectivity index (χ1) is 14.5. The summed E-state index contributed by atoms with van der Waals surface area (Å²) in [5.74, 6) is -0.298. The molecule has 0 atom stereocenters. The molecule has 1 N–H and O–H groups in total. The number of anilines is 1. The first-order valence-corrected chi connectivity index (χ1v) is 9.03. The standard InChI is InChI=1S/C19H14ClF3N4O4/c1-11-6-17(19(21,22)23)25-26(11)10-18(28)24-13-7-14(27(29)30)9-16(8-13)31-15-4-2-12(20)3-5-15/h2-9H,10H2,1H3,(H,24,28). The maximum Gasteiger partial charge on any atom is 0.435 e. The van der Waals surface area contributed by atoms with E-state index >= 15 is 0 Å². The maximum atomic E-state index is 12.8. The number of hydrogen-bond donors (Lipinski definition) is 1. The van der Waals surface area contributed by atoms with Crippen molar-refractivity contribution in [3.05, 3.63) is 75.1 Å². The van der Waals surface area contributed by atoms with Crippen LogP contribution in [0.15, 0.2) is 48.5 Å². The van der Waals surface area contributed by atoms with Crippen molar-refractivity contribution in [2.75, 3.05) is 5.32 Å². The maximum absolute atomic E-state index is 12.8. The van der Waals surface area contributed by atoms with Crippen LogP contribution in [0.2, 0.25) is 5.02 Å². The first kappa shape index (κ1) is 22.1. The number of hydrogen-bond acceptors (Lipinski definition) is 5. The van der Waals surface area contributed by atoms with Crippen molar-refractivity contribution in [3.8, 4) is 11.5 Å². The number of aromatic nitrogens is 2. The average Bonchev–Trinajstić information content (AvgIpc) is 3.04. The van der Waals surface area contributed by atoms with Crippen molar-refractivity contribution in [3.63, 3.8) is 0 Å². The molecular formula is C19H14ClF3N4O4. The fraction of sp³-hybridized carbons (Fsp3) is 0.158. The molecule has 0 aliphatic rings. The lowest BCUT2D eigenvalue weighted by atomic mass is 10.2. The van der Waals surface area contributed by atoms with Gasteiger partial charge in [-0.05, 0) is 37.3 Å². The predicted octanol–water partition coefficient (Wildman–Crippen LogP) is 5.20. The van der Waals surface area contributed by atoms with Crippen LogP contribution < -0.4 is 10.1 Å². The number of nitrogens with zero attached hydrogens (tertiary/aromatic N) is 3. The van der Waals surface area contributed by atoms with Crippen molar-refractivity contribution >= 4 is 28.9 Å². The van der Waals surface area contributed by atoms with E-state index in [2.05, 4.69) is 10.4 Å². The minimum atomic E-state index is -4.64. The number of carbonyl (C=O) groups excluding carboxylic acids is 1. The molecule has 0 aliphatic carbocycles.